The van der Waals surface area contributed by atoms with E-state index in [2.05, 4.69) is 21.4 Å². The molecule has 0 aliphatic heterocycles. The van der Waals surface area contributed by atoms with Crippen molar-refractivity contribution in [3.05, 3.63) is 83.1 Å². The maximum absolute atomic E-state index is 13.1. The second-order valence-corrected chi connectivity index (χ2v) is 7.15. The van der Waals surface area contributed by atoms with Crippen molar-refractivity contribution >= 4 is 23.4 Å². The highest BCUT2D eigenvalue weighted by Crippen LogP contribution is 2.37. The van der Waals surface area contributed by atoms with Crippen LogP contribution in [-0.4, -0.2) is 15.9 Å². The minimum atomic E-state index is -0.646. The number of nitrogens with one attached hydrogen (secondary N) is 1. The average Bonchev–Trinajstić information content (AvgIpc) is 2.68. The Labute approximate surface area is 166 Å². The molecule has 0 aliphatic carbocycles. The van der Waals surface area contributed by atoms with E-state index in [0.717, 1.165) is 5.56 Å². The van der Waals surface area contributed by atoms with E-state index in [0.29, 0.717) is 27.8 Å². The summed E-state index contributed by atoms with van der Waals surface area (Å²) in [6.07, 6.45) is 0. The van der Waals surface area contributed by atoms with Crippen LogP contribution in [0, 0.1) is 31.0 Å². The highest BCUT2D eigenvalue weighted by atomic mass is 32.2. The molecule has 1 N–H and O–H groups in total. The van der Waals surface area contributed by atoms with Gasteiger partial charge in [0.2, 0.25) is 5.91 Å². The molecular weight excluding hydrogens is 375 g/mol. The van der Waals surface area contributed by atoms with Crippen molar-refractivity contribution in [2.24, 2.45) is 0 Å². The Morgan fingerprint density at radius 3 is 2.43 bits per heavy atom. The number of hydrogen-bond donors (Lipinski definition) is 1. The Kier molecular flexibility index (Phi) is 6.02. The van der Waals surface area contributed by atoms with Crippen LogP contribution in [0.1, 0.15) is 27.9 Å². The van der Waals surface area contributed by atoms with Crippen LogP contribution < -0.4 is 5.32 Å². The molecule has 28 heavy (non-hydrogen) atoms. The van der Waals surface area contributed by atoms with Crippen LogP contribution in [0.5, 0.6) is 0 Å². The minimum absolute atomic E-state index is 0.291. The summed E-state index contributed by atoms with van der Waals surface area (Å²) in [7, 11) is 0. The third-order valence-electron chi connectivity index (χ3n) is 3.96. The minimum Gasteiger partial charge on any atom is -0.325 e. The van der Waals surface area contributed by atoms with Crippen LogP contribution in [0.2, 0.25) is 0 Å². The summed E-state index contributed by atoms with van der Waals surface area (Å²) in [5.74, 6) is -0.136. The van der Waals surface area contributed by atoms with Crippen LogP contribution in [0.25, 0.3) is 0 Å². The monoisotopic (exact) mass is 392 g/mol. The van der Waals surface area contributed by atoms with Gasteiger partial charge >= 0.3 is 0 Å². The zero-order chi connectivity index (χ0) is 20.1. The molecule has 0 radical (unpaired) electrons. The molecule has 0 spiro atoms. The summed E-state index contributed by atoms with van der Waals surface area (Å²) in [4.78, 5) is 21.6. The fourth-order valence-electron chi connectivity index (χ4n) is 2.65. The summed E-state index contributed by atoms with van der Waals surface area (Å²) in [5, 5.41) is 12.1. The highest BCUT2D eigenvalue weighted by molar-refractivity contribution is 8.00. The fourth-order valence-corrected chi connectivity index (χ4v) is 3.83. The van der Waals surface area contributed by atoms with E-state index in [-0.39, 0.29) is 11.7 Å². The summed E-state index contributed by atoms with van der Waals surface area (Å²) < 4.78 is 13.1. The molecule has 2 aromatic carbocycles. The fraction of sp³-hybridized carbons (Fsp3) is 0.143. The Morgan fingerprint density at radius 1 is 1.11 bits per heavy atom. The van der Waals surface area contributed by atoms with Crippen molar-refractivity contribution in [3.8, 4) is 6.07 Å². The first kappa shape index (κ1) is 19.5. The molecule has 0 saturated carbocycles. The Morgan fingerprint density at radius 2 is 1.79 bits per heavy atom. The summed E-state index contributed by atoms with van der Waals surface area (Å²) >= 11 is 1.19. The molecule has 1 aromatic heterocycles. The predicted octanol–water partition coefficient (Wildman–Crippen LogP) is 4.58. The van der Waals surface area contributed by atoms with Gasteiger partial charge < -0.3 is 5.32 Å². The molecule has 3 rings (SSSR count). The molecule has 0 fully saturated rings. The topological polar surface area (TPSA) is 78.7 Å². The second-order valence-electron chi connectivity index (χ2n) is 6.05. The molecule has 140 valence electrons. The van der Waals surface area contributed by atoms with Gasteiger partial charge in [0.25, 0.3) is 0 Å². The molecule has 0 aliphatic rings. The zero-order valence-corrected chi connectivity index (χ0v) is 16.1. The van der Waals surface area contributed by atoms with Crippen molar-refractivity contribution in [3.63, 3.8) is 0 Å². The number of aryl methyl sites for hydroxylation is 2. The molecule has 1 atom stereocenters. The number of hydrogen-bond acceptors (Lipinski definition) is 5. The zero-order valence-electron chi connectivity index (χ0n) is 15.3. The van der Waals surface area contributed by atoms with Gasteiger partial charge in [-0.05, 0) is 43.7 Å². The van der Waals surface area contributed by atoms with Crippen LogP contribution in [-0.2, 0) is 4.79 Å². The SMILES string of the molecule is Cc1nc(C)c(C#N)c(SC(C(=O)Nc2ccc(F)cc2)c2ccccc2)n1. The molecule has 1 heterocycles. The predicted molar refractivity (Wildman–Crippen MR) is 106 cm³/mol. The van der Waals surface area contributed by atoms with Gasteiger partial charge in [-0.1, -0.05) is 42.1 Å². The summed E-state index contributed by atoms with van der Waals surface area (Å²) in [6.45, 7) is 3.49. The van der Waals surface area contributed by atoms with Gasteiger partial charge in [-0.25, -0.2) is 14.4 Å². The van der Waals surface area contributed by atoms with Crippen LogP contribution >= 0.6 is 11.8 Å². The van der Waals surface area contributed by atoms with Crippen molar-refractivity contribution in [1.29, 1.82) is 5.26 Å². The number of thioether (sulfide) groups is 1. The molecule has 1 amide bonds. The summed E-state index contributed by atoms with van der Waals surface area (Å²) in [6, 6.07) is 16.9. The number of halogens is 1. The summed E-state index contributed by atoms with van der Waals surface area (Å²) in [5.41, 5.74) is 2.18. The number of nitriles is 1. The lowest BCUT2D eigenvalue weighted by molar-refractivity contribution is -0.115. The number of amides is 1. The third kappa shape index (κ3) is 4.53. The third-order valence-corrected chi connectivity index (χ3v) is 5.20. The Hall–Kier alpha value is -3.24. The molecule has 1 unspecified atom stereocenters. The Balaban J connectivity index is 1.96. The van der Waals surface area contributed by atoms with Gasteiger partial charge in [0.1, 0.15) is 33.6 Å². The highest BCUT2D eigenvalue weighted by Gasteiger charge is 2.25. The van der Waals surface area contributed by atoms with Gasteiger partial charge in [0, 0.05) is 5.69 Å². The van der Waals surface area contributed by atoms with Gasteiger partial charge in [-0.3, -0.25) is 4.79 Å². The number of nitrogens with zero attached hydrogens (tertiary/aromatic N) is 3. The molecule has 5 nitrogen and oxygen atoms in total. The van der Waals surface area contributed by atoms with Crippen molar-refractivity contribution in [2.45, 2.75) is 24.1 Å². The van der Waals surface area contributed by atoms with Crippen LogP contribution in [0.4, 0.5) is 10.1 Å². The number of aromatic nitrogens is 2. The van der Waals surface area contributed by atoms with Gasteiger partial charge in [0.15, 0.2) is 0 Å². The lowest BCUT2D eigenvalue weighted by atomic mass is 10.1. The van der Waals surface area contributed by atoms with E-state index in [1.54, 1.807) is 13.8 Å². The molecule has 0 bridgehead atoms. The number of rotatable bonds is 5. The van der Waals surface area contributed by atoms with Crippen molar-refractivity contribution in [2.75, 3.05) is 5.32 Å². The van der Waals surface area contributed by atoms with Crippen LogP contribution in [0.3, 0.4) is 0 Å². The maximum Gasteiger partial charge on any atom is 0.242 e. The van der Waals surface area contributed by atoms with E-state index in [1.807, 2.05) is 30.3 Å². The van der Waals surface area contributed by atoms with E-state index >= 15 is 0 Å². The van der Waals surface area contributed by atoms with E-state index in [1.165, 1.54) is 36.0 Å². The van der Waals surface area contributed by atoms with Gasteiger partial charge in [0.05, 0.1) is 5.69 Å². The number of carbonyl (C=O) groups excluding carboxylic acids is 1. The molecule has 0 saturated heterocycles. The van der Waals surface area contributed by atoms with Crippen molar-refractivity contribution < 1.29 is 9.18 Å². The normalized spacial score (nSPS) is 11.5. The quantitative estimate of drug-likeness (QED) is 0.508. The molecule has 7 heteroatoms. The Bertz CT molecular complexity index is 1030. The average molecular weight is 392 g/mol. The maximum atomic E-state index is 13.1. The lowest BCUT2D eigenvalue weighted by Gasteiger charge is -2.18. The standard InChI is InChI=1S/C21H17FN4OS/c1-13-18(12-23)21(25-14(2)24-13)28-19(15-6-4-3-5-7-15)20(27)26-17-10-8-16(22)9-11-17/h3-11,19H,1-2H3,(H,26,27). The number of anilines is 1. The van der Waals surface area contributed by atoms with Crippen LogP contribution in [0.15, 0.2) is 59.6 Å². The molecular formula is C21H17FN4OS. The first-order valence-electron chi connectivity index (χ1n) is 8.51. The number of carbonyl (C=O) groups is 1. The van der Waals surface area contributed by atoms with Crippen molar-refractivity contribution in [1.82, 2.24) is 9.97 Å². The smallest absolute Gasteiger partial charge is 0.242 e. The first-order chi connectivity index (χ1) is 13.5. The number of benzene rings is 2. The first-order valence-corrected chi connectivity index (χ1v) is 9.39. The van der Waals surface area contributed by atoms with E-state index < -0.39 is 5.25 Å². The van der Waals surface area contributed by atoms with E-state index in [4.69, 9.17) is 0 Å². The van der Waals surface area contributed by atoms with E-state index in [9.17, 15) is 14.4 Å². The largest absolute Gasteiger partial charge is 0.325 e. The lowest BCUT2D eigenvalue weighted by Crippen LogP contribution is -2.19. The van der Waals surface area contributed by atoms with Gasteiger partial charge in [-0.15, -0.1) is 0 Å². The van der Waals surface area contributed by atoms with Gasteiger partial charge in [-0.2, -0.15) is 5.26 Å². The second kappa shape index (κ2) is 8.63. The molecule has 3 aromatic rings.